The highest BCUT2D eigenvalue weighted by molar-refractivity contribution is 9.10. The summed E-state index contributed by atoms with van der Waals surface area (Å²) in [6.07, 6.45) is 7.31. The molecular weight excluding hydrogens is 548 g/mol. The summed E-state index contributed by atoms with van der Waals surface area (Å²) in [4.78, 5) is 37.1. The standard InChI is InChI=1S/C28H29BrN6O3/c1-19-12-20(9-10-30-19)15-34(17-21-16-32(2)26-13-22(29)5-7-25(26)28(21)36)24-4-3-11-33(18-24)23-6-8-27(31-14-23)35(37)38/h5-10,12-14,16,24H,3-4,11,15,17-18H2,1-2H3. The van der Waals surface area contributed by atoms with Crippen LogP contribution in [0.2, 0.25) is 0 Å². The van der Waals surface area contributed by atoms with Gasteiger partial charge in [-0.15, -0.1) is 0 Å². The fourth-order valence-electron chi connectivity index (χ4n) is 5.27. The summed E-state index contributed by atoms with van der Waals surface area (Å²) >= 11 is 3.51. The number of piperidine rings is 1. The number of nitrogens with zero attached hydrogens (tertiary/aromatic N) is 6. The molecule has 0 radical (unpaired) electrons. The average molecular weight is 577 g/mol. The first-order valence-electron chi connectivity index (χ1n) is 12.6. The topological polar surface area (TPSA) is 97.4 Å². The molecule has 10 heteroatoms. The first-order chi connectivity index (χ1) is 18.3. The molecule has 0 spiro atoms. The van der Waals surface area contributed by atoms with Crippen LogP contribution in [0.5, 0.6) is 0 Å². The van der Waals surface area contributed by atoms with E-state index in [1.807, 2.05) is 55.2 Å². The Bertz CT molecular complexity index is 1540. The summed E-state index contributed by atoms with van der Waals surface area (Å²) in [5.41, 5.74) is 4.66. The zero-order valence-corrected chi connectivity index (χ0v) is 23.0. The van der Waals surface area contributed by atoms with Crippen molar-refractivity contribution in [3.63, 3.8) is 0 Å². The number of benzene rings is 1. The number of aryl methyl sites for hydroxylation is 2. The number of nitro groups is 1. The van der Waals surface area contributed by atoms with Gasteiger partial charge in [0.25, 0.3) is 0 Å². The van der Waals surface area contributed by atoms with Crippen molar-refractivity contribution in [1.29, 1.82) is 0 Å². The summed E-state index contributed by atoms with van der Waals surface area (Å²) in [6, 6.07) is 13.3. The van der Waals surface area contributed by atoms with Crippen molar-refractivity contribution in [3.8, 4) is 0 Å². The third-order valence-corrected chi connectivity index (χ3v) is 7.64. The van der Waals surface area contributed by atoms with Gasteiger partial charge in [0, 0.05) is 78.8 Å². The Balaban J connectivity index is 1.46. The number of fused-ring (bicyclic) bond motifs is 1. The van der Waals surface area contributed by atoms with Gasteiger partial charge in [-0.1, -0.05) is 15.9 Å². The maximum absolute atomic E-state index is 13.6. The molecule has 1 aromatic carbocycles. The van der Waals surface area contributed by atoms with Crippen LogP contribution in [0.1, 0.15) is 29.7 Å². The molecule has 196 valence electrons. The van der Waals surface area contributed by atoms with Crippen LogP contribution >= 0.6 is 15.9 Å². The number of pyridine rings is 3. The minimum Gasteiger partial charge on any atom is -0.367 e. The van der Waals surface area contributed by atoms with E-state index in [4.69, 9.17) is 0 Å². The zero-order valence-electron chi connectivity index (χ0n) is 21.4. The van der Waals surface area contributed by atoms with Gasteiger partial charge in [0.1, 0.15) is 0 Å². The molecule has 1 saturated heterocycles. The normalized spacial score (nSPS) is 15.8. The van der Waals surface area contributed by atoms with E-state index in [2.05, 4.69) is 41.8 Å². The predicted molar refractivity (Wildman–Crippen MR) is 151 cm³/mol. The lowest BCUT2D eigenvalue weighted by Gasteiger charge is -2.40. The Morgan fingerprint density at radius 2 is 2.00 bits per heavy atom. The van der Waals surface area contributed by atoms with Crippen LogP contribution in [-0.4, -0.2) is 43.5 Å². The van der Waals surface area contributed by atoms with Crippen LogP contribution in [0, 0.1) is 17.0 Å². The minimum atomic E-state index is -0.482. The highest BCUT2D eigenvalue weighted by Gasteiger charge is 2.28. The van der Waals surface area contributed by atoms with Gasteiger partial charge in [-0.25, -0.2) is 0 Å². The van der Waals surface area contributed by atoms with Crippen LogP contribution in [0.4, 0.5) is 11.5 Å². The first kappa shape index (κ1) is 26.0. The molecule has 3 aromatic heterocycles. The van der Waals surface area contributed by atoms with Gasteiger partial charge in [0.15, 0.2) is 11.6 Å². The van der Waals surface area contributed by atoms with Gasteiger partial charge in [0.2, 0.25) is 0 Å². The molecule has 4 aromatic rings. The fourth-order valence-corrected chi connectivity index (χ4v) is 5.62. The van der Waals surface area contributed by atoms with Crippen LogP contribution in [0.15, 0.2) is 70.3 Å². The van der Waals surface area contributed by atoms with E-state index in [0.29, 0.717) is 18.5 Å². The smallest absolute Gasteiger partial charge is 0.363 e. The van der Waals surface area contributed by atoms with Gasteiger partial charge in [0.05, 0.1) is 11.2 Å². The highest BCUT2D eigenvalue weighted by atomic mass is 79.9. The van der Waals surface area contributed by atoms with E-state index in [1.54, 1.807) is 12.3 Å². The van der Waals surface area contributed by atoms with E-state index in [0.717, 1.165) is 58.4 Å². The lowest BCUT2D eigenvalue weighted by molar-refractivity contribution is -0.389. The zero-order chi connectivity index (χ0) is 26.8. The molecule has 1 aliphatic heterocycles. The number of halogens is 1. The van der Waals surface area contributed by atoms with E-state index >= 15 is 0 Å². The second kappa shape index (κ2) is 11.0. The largest absolute Gasteiger partial charge is 0.367 e. The lowest BCUT2D eigenvalue weighted by Crippen LogP contribution is -2.48. The number of hydrogen-bond acceptors (Lipinski definition) is 7. The molecular formula is C28H29BrN6O3. The maximum Gasteiger partial charge on any atom is 0.363 e. The monoisotopic (exact) mass is 576 g/mol. The van der Waals surface area contributed by atoms with Crippen molar-refractivity contribution in [2.45, 2.75) is 38.9 Å². The molecule has 0 amide bonds. The third-order valence-electron chi connectivity index (χ3n) is 7.14. The molecule has 1 aliphatic rings. The van der Waals surface area contributed by atoms with E-state index < -0.39 is 4.92 Å². The molecule has 38 heavy (non-hydrogen) atoms. The van der Waals surface area contributed by atoms with Gasteiger partial charge >= 0.3 is 5.82 Å². The highest BCUT2D eigenvalue weighted by Crippen LogP contribution is 2.26. The Hall–Kier alpha value is -3.63. The van der Waals surface area contributed by atoms with E-state index in [-0.39, 0.29) is 17.3 Å². The molecule has 1 fully saturated rings. The molecule has 1 unspecified atom stereocenters. The molecule has 4 heterocycles. The van der Waals surface area contributed by atoms with Gasteiger partial charge in [-0.2, -0.15) is 0 Å². The van der Waals surface area contributed by atoms with E-state index in [1.165, 1.54) is 6.07 Å². The third kappa shape index (κ3) is 5.61. The summed E-state index contributed by atoms with van der Waals surface area (Å²) in [5, 5.41) is 11.7. The van der Waals surface area contributed by atoms with Crippen molar-refractivity contribution < 1.29 is 4.92 Å². The molecule has 0 N–H and O–H groups in total. The van der Waals surface area contributed by atoms with E-state index in [9.17, 15) is 14.9 Å². The summed E-state index contributed by atoms with van der Waals surface area (Å²) < 4.78 is 2.95. The van der Waals surface area contributed by atoms with Crippen molar-refractivity contribution in [3.05, 3.63) is 103 Å². The summed E-state index contributed by atoms with van der Waals surface area (Å²) in [7, 11) is 1.97. The second-order valence-electron chi connectivity index (χ2n) is 9.84. The van der Waals surface area contributed by atoms with Crippen LogP contribution in [0.25, 0.3) is 10.9 Å². The van der Waals surface area contributed by atoms with Gasteiger partial charge in [-0.05, 0) is 71.6 Å². The molecule has 1 atom stereocenters. The Labute approximate surface area is 229 Å². The maximum atomic E-state index is 13.6. The Morgan fingerprint density at radius 3 is 2.74 bits per heavy atom. The minimum absolute atomic E-state index is 0.0498. The number of hydrogen-bond donors (Lipinski definition) is 0. The van der Waals surface area contributed by atoms with Crippen molar-refractivity contribution >= 4 is 38.3 Å². The van der Waals surface area contributed by atoms with Crippen molar-refractivity contribution in [1.82, 2.24) is 19.4 Å². The summed E-state index contributed by atoms with van der Waals surface area (Å²) in [6.45, 7) is 4.77. The number of anilines is 1. The number of rotatable bonds is 7. The van der Waals surface area contributed by atoms with Crippen LogP contribution in [0.3, 0.4) is 0 Å². The molecule has 9 nitrogen and oxygen atoms in total. The van der Waals surface area contributed by atoms with Gasteiger partial charge < -0.3 is 19.6 Å². The molecule has 0 saturated carbocycles. The quantitative estimate of drug-likeness (QED) is 0.226. The Morgan fingerprint density at radius 1 is 1.16 bits per heavy atom. The fraction of sp³-hybridized carbons (Fsp3) is 0.321. The Kier molecular flexibility index (Phi) is 7.53. The first-order valence-corrected chi connectivity index (χ1v) is 13.4. The lowest BCUT2D eigenvalue weighted by atomic mass is 10.0. The van der Waals surface area contributed by atoms with Crippen molar-refractivity contribution in [2.24, 2.45) is 7.05 Å². The SMILES string of the molecule is Cc1cc(CN(Cc2cn(C)c3cc(Br)ccc3c2=O)C2CCCN(c3ccc([N+](=O)[O-])nc3)C2)ccn1. The number of aromatic nitrogens is 3. The predicted octanol–water partition coefficient (Wildman–Crippen LogP) is 4.98. The van der Waals surface area contributed by atoms with Crippen molar-refractivity contribution in [2.75, 3.05) is 18.0 Å². The molecule has 0 bridgehead atoms. The molecule has 0 aliphatic carbocycles. The van der Waals surface area contributed by atoms with Gasteiger partial charge in [-0.3, -0.25) is 14.7 Å². The summed E-state index contributed by atoms with van der Waals surface area (Å²) in [5.74, 6) is -0.156. The van der Waals surface area contributed by atoms with Crippen LogP contribution in [-0.2, 0) is 20.1 Å². The molecule has 5 rings (SSSR count). The second-order valence-corrected chi connectivity index (χ2v) is 10.8. The van der Waals surface area contributed by atoms with Crippen LogP contribution < -0.4 is 10.3 Å². The average Bonchev–Trinajstić information content (AvgIpc) is 2.91.